The SMILES string of the molecule is CNC(=O)c1c(-c2ccc(F)cc2)oc2cc(N(C)S(C)(=O)=O)c(C(=O)O)cc12.CNC(=O)c1c(-c2ccc(F)cc2)oc2cc(N(C)S(C)(=O)=O)c(C=O)cc12.[Na+].[O-][Cl+][O-]. The number of rotatable bonds is 10. The molecule has 0 saturated carbocycles. The van der Waals surface area contributed by atoms with Crippen molar-refractivity contribution in [3.8, 4) is 22.6 Å². The Morgan fingerprint density at radius 3 is 1.41 bits per heavy atom. The largest absolute Gasteiger partial charge is 1.00 e. The zero-order chi connectivity index (χ0) is 44.9. The van der Waals surface area contributed by atoms with E-state index in [4.69, 9.17) is 18.2 Å². The predicted molar refractivity (Wildman–Crippen MR) is 209 cm³/mol. The molecule has 0 aliphatic carbocycles. The van der Waals surface area contributed by atoms with E-state index in [0.29, 0.717) is 22.8 Å². The van der Waals surface area contributed by atoms with E-state index in [2.05, 4.69) is 10.6 Å². The van der Waals surface area contributed by atoms with E-state index in [1.807, 2.05) is 0 Å². The number of carboxylic acids is 1. The molecule has 4 aromatic carbocycles. The first-order valence-corrected chi connectivity index (χ1v) is 21.1. The van der Waals surface area contributed by atoms with Gasteiger partial charge in [0.15, 0.2) is 6.29 Å². The van der Waals surface area contributed by atoms with Gasteiger partial charge in [-0.25, -0.2) is 30.4 Å². The fourth-order valence-corrected chi connectivity index (χ4v) is 6.77. The number of fused-ring (bicyclic) bond motifs is 2. The third-order valence-corrected chi connectivity index (χ3v) is 11.2. The summed E-state index contributed by atoms with van der Waals surface area (Å²) >= 11 is -0.417. The van der Waals surface area contributed by atoms with Gasteiger partial charge in [-0.15, -0.1) is 0 Å². The molecule has 0 saturated heterocycles. The number of anilines is 2. The predicted octanol–water partition coefficient (Wildman–Crippen LogP) is 0.125. The maximum Gasteiger partial charge on any atom is 1.00 e. The third kappa shape index (κ3) is 11.1. The minimum Gasteiger partial charge on any atom is -0.544 e. The number of hydrogen-bond donors (Lipinski definition) is 3. The third-order valence-electron chi connectivity index (χ3n) is 8.80. The normalized spacial score (nSPS) is 11.0. The van der Waals surface area contributed by atoms with Crippen molar-refractivity contribution in [3.63, 3.8) is 0 Å². The summed E-state index contributed by atoms with van der Waals surface area (Å²) < 4.78 is 104. The molecule has 6 aromatic rings. The molecule has 23 heteroatoms. The molecule has 0 spiro atoms. The fourth-order valence-electron chi connectivity index (χ4n) is 5.75. The van der Waals surface area contributed by atoms with Gasteiger partial charge in [0.1, 0.15) is 34.3 Å². The number of amides is 2. The van der Waals surface area contributed by atoms with Gasteiger partial charge in [-0.2, -0.15) is 0 Å². The molecule has 0 bridgehead atoms. The number of nitrogens with zero attached hydrogens (tertiary/aromatic N) is 2. The smallest absolute Gasteiger partial charge is 0.544 e. The molecule has 0 fully saturated rings. The molecule has 6 rings (SSSR count). The van der Waals surface area contributed by atoms with Gasteiger partial charge in [0.2, 0.25) is 20.0 Å². The maximum absolute atomic E-state index is 13.3. The second-order valence-corrected chi connectivity index (χ2v) is 16.7. The molecular weight excluding hydrogens is 881 g/mol. The summed E-state index contributed by atoms with van der Waals surface area (Å²) in [6.07, 6.45) is 2.45. The van der Waals surface area contributed by atoms with Gasteiger partial charge in [-0.05, 0) is 60.7 Å². The van der Waals surface area contributed by atoms with Crippen molar-refractivity contribution >= 4 is 77.4 Å². The molecule has 0 unspecified atom stereocenters. The van der Waals surface area contributed by atoms with Crippen LogP contribution in [0.15, 0.2) is 81.6 Å². The van der Waals surface area contributed by atoms with E-state index in [9.17, 15) is 49.9 Å². The molecule has 0 aliphatic heterocycles. The molecule has 0 radical (unpaired) electrons. The second-order valence-electron chi connectivity index (χ2n) is 12.5. The summed E-state index contributed by atoms with van der Waals surface area (Å²) in [6.45, 7) is 0. The number of benzene rings is 4. The summed E-state index contributed by atoms with van der Waals surface area (Å²) in [6, 6.07) is 15.8. The molecule has 2 amide bonds. The van der Waals surface area contributed by atoms with Crippen LogP contribution in [0, 0.1) is 23.0 Å². The average Bonchev–Trinajstić information content (AvgIpc) is 3.77. The topological polar surface area (TPSA) is 260 Å². The number of halogens is 3. The number of carboxylic acid groups (broad SMARTS) is 1. The number of carbonyl (C=O) groups is 4. The van der Waals surface area contributed by atoms with E-state index in [1.165, 1.54) is 101 Å². The first-order valence-electron chi connectivity index (χ1n) is 16.8. The summed E-state index contributed by atoms with van der Waals surface area (Å²) in [4.78, 5) is 48.3. The van der Waals surface area contributed by atoms with Gasteiger partial charge in [0.05, 0.1) is 51.9 Å². The first kappa shape index (κ1) is 50.0. The van der Waals surface area contributed by atoms with Crippen LogP contribution in [-0.4, -0.2) is 86.7 Å². The zero-order valence-corrected chi connectivity index (χ0v) is 37.6. The summed E-state index contributed by atoms with van der Waals surface area (Å²) in [5.74, 6) is -2.99. The Kier molecular flexibility index (Phi) is 16.8. The number of furan rings is 2. The van der Waals surface area contributed by atoms with E-state index >= 15 is 0 Å². The number of carbonyl (C=O) groups excluding carboxylic acids is 3. The zero-order valence-electron chi connectivity index (χ0n) is 33.2. The fraction of sp³-hybridized carbons (Fsp3) is 0.158. The Bertz CT molecular complexity index is 2840. The molecule has 318 valence electrons. The quantitative estimate of drug-likeness (QED) is 0.122. The van der Waals surface area contributed by atoms with Crippen molar-refractivity contribution in [2.45, 2.75) is 0 Å². The Balaban J connectivity index is 0.000000301. The monoisotopic (exact) mass is 914 g/mol. The van der Waals surface area contributed by atoms with Gasteiger partial charge in [-0.1, -0.05) is 0 Å². The van der Waals surface area contributed by atoms with Crippen LogP contribution < -0.4 is 58.1 Å². The molecule has 61 heavy (non-hydrogen) atoms. The maximum atomic E-state index is 13.3. The van der Waals surface area contributed by atoms with E-state index in [0.717, 1.165) is 21.1 Å². The standard InChI is InChI=1S/C19H17FN2O6S.C19H17FN2O5S.ClO2.Na/c1-21-18(23)16-13-8-12(19(24)25)14(22(2)29(3,26)27)9-15(13)28-17(16)10-4-6-11(20)7-5-10;1-21-19(24)17-14-8-12(10-23)15(22(2)28(3,25)26)9-16(14)27-18(17)11-4-6-13(20)7-5-11;2-1-3;/h4-9H,1-3H3,(H,21,23)(H,24,25);4-10H,1-3H3,(H,21,24);;/q;;-1;+1. The van der Waals surface area contributed by atoms with Gasteiger partial charge in [-0.3, -0.25) is 23.0 Å². The van der Waals surface area contributed by atoms with Crippen molar-refractivity contribution in [3.05, 3.63) is 107 Å². The van der Waals surface area contributed by atoms with Crippen molar-refractivity contribution in [2.24, 2.45) is 0 Å². The minimum atomic E-state index is -3.75. The van der Waals surface area contributed by atoms with Crippen LogP contribution in [0.2, 0.25) is 0 Å². The van der Waals surface area contributed by atoms with E-state index in [1.54, 1.807) is 0 Å². The van der Waals surface area contributed by atoms with Crippen LogP contribution in [0.3, 0.4) is 0 Å². The van der Waals surface area contributed by atoms with Gasteiger partial charge in [0, 0.05) is 67.8 Å². The molecule has 17 nitrogen and oxygen atoms in total. The van der Waals surface area contributed by atoms with Crippen LogP contribution in [0.5, 0.6) is 0 Å². The summed E-state index contributed by atoms with van der Waals surface area (Å²) in [5.41, 5.74) is 1.18. The molecule has 3 N–H and O–H groups in total. The van der Waals surface area contributed by atoms with Crippen LogP contribution in [-0.2, 0) is 20.0 Å². The number of hydrogen-bond acceptors (Lipinski definition) is 12. The number of aldehydes is 1. The van der Waals surface area contributed by atoms with E-state index < -0.39 is 60.8 Å². The molecule has 0 aliphatic rings. The van der Waals surface area contributed by atoms with Gasteiger partial charge in [0.25, 0.3) is 11.8 Å². The number of aromatic carboxylic acids is 1. The van der Waals surface area contributed by atoms with Crippen LogP contribution in [0.1, 0.15) is 41.4 Å². The van der Waals surface area contributed by atoms with Gasteiger partial charge < -0.3 is 33.9 Å². The Hall–Kier alpha value is -5.39. The summed E-state index contributed by atoms with van der Waals surface area (Å²) in [7, 11) is -2.00. The number of nitrogens with one attached hydrogen (secondary N) is 2. The molecule has 2 heterocycles. The van der Waals surface area contributed by atoms with Crippen molar-refractivity contribution < 1.29 is 109 Å². The van der Waals surface area contributed by atoms with Crippen LogP contribution in [0.25, 0.3) is 44.6 Å². The van der Waals surface area contributed by atoms with E-state index in [-0.39, 0.29) is 91.3 Å². The van der Waals surface area contributed by atoms with Crippen LogP contribution in [0.4, 0.5) is 20.2 Å². The second kappa shape index (κ2) is 20.4. The Labute approximate surface area is 373 Å². The molecular formula is C38H34ClF2N4NaO13S2. The van der Waals surface area contributed by atoms with Crippen molar-refractivity contribution in [2.75, 3.05) is 49.3 Å². The Morgan fingerprint density at radius 2 is 1.07 bits per heavy atom. The van der Waals surface area contributed by atoms with Crippen molar-refractivity contribution in [1.82, 2.24) is 10.6 Å². The summed E-state index contributed by atoms with van der Waals surface area (Å²) in [5, 5.41) is 15.1. The Morgan fingerprint density at radius 1 is 0.705 bits per heavy atom. The van der Waals surface area contributed by atoms with Crippen LogP contribution >= 0.6 is 0 Å². The minimum absolute atomic E-state index is 0. The molecule has 0 atom stereocenters. The average molecular weight is 915 g/mol. The van der Waals surface area contributed by atoms with Gasteiger partial charge >= 0.3 is 35.5 Å². The first-order chi connectivity index (χ1) is 28.1. The number of sulfonamides is 2. The molecule has 2 aromatic heterocycles. The van der Waals surface area contributed by atoms with Crippen molar-refractivity contribution in [1.29, 1.82) is 0 Å².